The van der Waals surface area contributed by atoms with E-state index in [4.69, 9.17) is 0 Å². The number of carbonyl (C=O) groups excluding carboxylic acids is 1. The number of hydrogen-bond donors (Lipinski definition) is 1. The van der Waals surface area contributed by atoms with Crippen molar-refractivity contribution in [3.8, 4) is 0 Å². The van der Waals surface area contributed by atoms with Gasteiger partial charge in [-0.25, -0.2) is 8.42 Å². The molecule has 1 N–H and O–H groups in total. The van der Waals surface area contributed by atoms with Crippen LogP contribution >= 0.6 is 0 Å². The molecular formula is C13H15N3O3S. The Labute approximate surface area is 117 Å². The number of ketones is 1. The van der Waals surface area contributed by atoms with E-state index >= 15 is 0 Å². The van der Waals surface area contributed by atoms with Crippen LogP contribution in [-0.4, -0.2) is 24.0 Å². The van der Waals surface area contributed by atoms with Gasteiger partial charge in [-0.15, -0.1) is 0 Å². The van der Waals surface area contributed by atoms with Crippen molar-refractivity contribution in [2.24, 2.45) is 7.05 Å². The van der Waals surface area contributed by atoms with Gasteiger partial charge >= 0.3 is 0 Å². The molecule has 6 nitrogen and oxygen atoms in total. The third-order valence-corrected chi connectivity index (χ3v) is 4.29. The summed E-state index contributed by atoms with van der Waals surface area (Å²) in [6, 6.07) is 6.27. The minimum atomic E-state index is -3.67. The molecule has 0 aliphatic carbocycles. The molecule has 0 fully saturated rings. The smallest absolute Gasteiger partial charge is 0.265 e. The highest BCUT2D eigenvalue weighted by Crippen LogP contribution is 2.18. The van der Waals surface area contributed by atoms with E-state index in [1.807, 2.05) is 0 Å². The lowest BCUT2D eigenvalue weighted by atomic mass is 10.1. The van der Waals surface area contributed by atoms with Crippen LogP contribution in [0, 0.1) is 6.92 Å². The molecule has 0 aliphatic rings. The molecule has 2 aromatic rings. The number of benzene rings is 1. The van der Waals surface area contributed by atoms with Crippen molar-refractivity contribution in [2.45, 2.75) is 18.7 Å². The minimum absolute atomic E-state index is 0.0671. The van der Waals surface area contributed by atoms with Gasteiger partial charge in [-0.3, -0.25) is 14.2 Å². The summed E-state index contributed by atoms with van der Waals surface area (Å²) in [5, 5.41) is 4.01. The zero-order valence-corrected chi connectivity index (χ0v) is 12.2. The summed E-state index contributed by atoms with van der Waals surface area (Å²) < 4.78 is 28.4. The van der Waals surface area contributed by atoms with Crippen LogP contribution in [-0.2, 0) is 17.1 Å². The lowest BCUT2D eigenvalue weighted by molar-refractivity contribution is 0.101. The molecule has 0 saturated heterocycles. The number of aryl methyl sites for hydroxylation is 2. The third kappa shape index (κ3) is 2.88. The van der Waals surface area contributed by atoms with Gasteiger partial charge in [0.15, 0.2) is 5.78 Å². The van der Waals surface area contributed by atoms with Crippen molar-refractivity contribution >= 4 is 21.5 Å². The van der Waals surface area contributed by atoms with Crippen molar-refractivity contribution in [1.82, 2.24) is 9.78 Å². The second-order valence-corrected chi connectivity index (χ2v) is 6.14. The minimum Gasteiger partial charge on any atom is -0.295 e. The van der Waals surface area contributed by atoms with E-state index in [1.54, 1.807) is 38.2 Å². The zero-order chi connectivity index (χ0) is 14.9. The number of Topliss-reactive ketones (excluding diaryl/α,β-unsaturated/α-hetero) is 1. The average molecular weight is 293 g/mol. The first-order valence-corrected chi connectivity index (χ1v) is 7.42. The molecule has 0 amide bonds. The maximum Gasteiger partial charge on any atom is 0.265 e. The number of nitrogens with one attached hydrogen (secondary N) is 1. The van der Waals surface area contributed by atoms with Crippen LogP contribution in [0.15, 0.2) is 35.4 Å². The summed E-state index contributed by atoms with van der Waals surface area (Å²) in [5.41, 5.74) is 1.36. The van der Waals surface area contributed by atoms with E-state index in [0.29, 0.717) is 16.9 Å². The van der Waals surface area contributed by atoms with Crippen molar-refractivity contribution < 1.29 is 13.2 Å². The molecule has 0 aliphatic heterocycles. The van der Waals surface area contributed by atoms with Crippen LogP contribution in [0.2, 0.25) is 0 Å². The van der Waals surface area contributed by atoms with Gasteiger partial charge in [-0.05, 0) is 38.1 Å². The summed E-state index contributed by atoms with van der Waals surface area (Å²) in [7, 11) is -2.01. The predicted octanol–water partition coefficient (Wildman–Crippen LogP) is 1.73. The molecule has 0 radical (unpaired) electrons. The summed E-state index contributed by atoms with van der Waals surface area (Å²) in [6.07, 6.45) is 1.45. The molecule has 7 heteroatoms. The fourth-order valence-electron chi connectivity index (χ4n) is 1.82. The first-order valence-electron chi connectivity index (χ1n) is 5.93. The Hall–Kier alpha value is -2.15. The Morgan fingerprint density at radius 3 is 2.30 bits per heavy atom. The Morgan fingerprint density at radius 2 is 1.85 bits per heavy atom. The Bertz CT molecular complexity index is 746. The summed E-state index contributed by atoms with van der Waals surface area (Å²) in [6.45, 7) is 3.09. The van der Waals surface area contributed by atoms with E-state index in [0.717, 1.165) is 0 Å². The lowest BCUT2D eigenvalue weighted by Crippen LogP contribution is -2.13. The SMILES string of the molecule is CC(=O)c1ccc(NS(=O)(=O)c2cn(C)nc2C)cc1. The largest absolute Gasteiger partial charge is 0.295 e. The fraction of sp³-hybridized carbons (Fsp3) is 0.231. The van der Waals surface area contributed by atoms with Gasteiger partial charge in [0.05, 0.1) is 5.69 Å². The van der Waals surface area contributed by atoms with Gasteiger partial charge in [0.25, 0.3) is 10.0 Å². The first kappa shape index (κ1) is 14.3. The van der Waals surface area contributed by atoms with Crippen LogP contribution in [0.5, 0.6) is 0 Å². The highest BCUT2D eigenvalue weighted by Gasteiger charge is 2.19. The van der Waals surface area contributed by atoms with Crippen molar-refractivity contribution in [3.63, 3.8) is 0 Å². The number of hydrogen-bond acceptors (Lipinski definition) is 4. The summed E-state index contributed by atoms with van der Waals surface area (Å²) in [5.74, 6) is -0.0671. The quantitative estimate of drug-likeness (QED) is 0.870. The van der Waals surface area contributed by atoms with Crippen LogP contribution in [0.1, 0.15) is 23.0 Å². The van der Waals surface area contributed by atoms with Crippen LogP contribution in [0.25, 0.3) is 0 Å². The normalized spacial score (nSPS) is 11.3. The van der Waals surface area contributed by atoms with E-state index in [2.05, 4.69) is 9.82 Å². The molecule has 106 valence electrons. The molecule has 0 unspecified atom stereocenters. The molecule has 0 saturated carbocycles. The number of anilines is 1. The third-order valence-electron chi connectivity index (χ3n) is 2.80. The standard InChI is InChI=1S/C13H15N3O3S/c1-9-13(8-16(3)14-9)20(18,19)15-12-6-4-11(5-7-12)10(2)17/h4-8,15H,1-3H3. The van der Waals surface area contributed by atoms with E-state index in [9.17, 15) is 13.2 Å². The monoisotopic (exact) mass is 293 g/mol. The van der Waals surface area contributed by atoms with Crippen LogP contribution in [0.3, 0.4) is 0 Å². The molecule has 0 bridgehead atoms. The Balaban J connectivity index is 2.28. The van der Waals surface area contributed by atoms with E-state index in [1.165, 1.54) is 17.8 Å². The van der Waals surface area contributed by atoms with Crippen molar-refractivity contribution in [2.75, 3.05) is 4.72 Å². The lowest BCUT2D eigenvalue weighted by Gasteiger charge is -2.07. The van der Waals surface area contributed by atoms with Crippen molar-refractivity contribution in [3.05, 3.63) is 41.7 Å². The second-order valence-electron chi connectivity index (χ2n) is 4.49. The van der Waals surface area contributed by atoms with Gasteiger partial charge in [-0.1, -0.05) is 0 Å². The summed E-state index contributed by atoms with van der Waals surface area (Å²) in [4.78, 5) is 11.3. The first-order chi connectivity index (χ1) is 9.29. The number of aromatic nitrogens is 2. The molecule has 1 aromatic heterocycles. The van der Waals surface area contributed by atoms with Gasteiger partial charge in [0.1, 0.15) is 4.90 Å². The molecule has 0 spiro atoms. The maximum absolute atomic E-state index is 12.2. The van der Waals surface area contributed by atoms with Crippen LogP contribution < -0.4 is 4.72 Å². The van der Waals surface area contributed by atoms with Crippen molar-refractivity contribution in [1.29, 1.82) is 0 Å². The number of nitrogens with zero attached hydrogens (tertiary/aromatic N) is 2. The average Bonchev–Trinajstić information content (AvgIpc) is 2.69. The number of carbonyl (C=O) groups is 1. The van der Waals surface area contributed by atoms with Gasteiger partial charge < -0.3 is 0 Å². The van der Waals surface area contributed by atoms with Gasteiger partial charge in [0, 0.05) is 24.5 Å². The van der Waals surface area contributed by atoms with Gasteiger partial charge in [-0.2, -0.15) is 5.10 Å². The van der Waals surface area contributed by atoms with Crippen LogP contribution in [0.4, 0.5) is 5.69 Å². The molecular weight excluding hydrogens is 278 g/mol. The molecule has 0 atom stereocenters. The molecule has 1 heterocycles. The predicted molar refractivity (Wildman–Crippen MR) is 75.2 cm³/mol. The molecule has 20 heavy (non-hydrogen) atoms. The topological polar surface area (TPSA) is 81.1 Å². The second kappa shape index (κ2) is 5.09. The fourth-order valence-corrected chi connectivity index (χ4v) is 3.10. The summed E-state index contributed by atoms with van der Waals surface area (Å²) >= 11 is 0. The highest BCUT2D eigenvalue weighted by atomic mass is 32.2. The molecule has 1 aromatic carbocycles. The Kier molecular flexibility index (Phi) is 3.63. The number of sulfonamides is 1. The van der Waals surface area contributed by atoms with E-state index in [-0.39, 0.29) is 10.7 Å². The zero-order valence-electron chi connectivity index (χ0n) is 11.4. The highest BCUT2D eigenvalue weighted by molar-refractivity contribution is 7.92. The molecule has 2 rings (SSSR count). The number of rotatable bonds is 4. The van der Waals surface area contributed by atoms with E-state index < -0.39 is 10.0 Å². The Morgan fingerprint density at radius 1 is 1.25 bits per heavy atom. The maximum atomic E-state index is 12.2. The van der Waals surface area contributed by atoms with Gasteiger partial charge in [0.2, 0.25) is 0 Å².